The lowest BCUT2D eigenvalue weighted by Crippen LogP contribution is -2.11. The molecule has 0 saturated carbocycles. The molecule has 0 aromatic heterocycles. The number of hydrogen-bond donors (Lipinski definition) is 2. The largest absolute Gasteiger partial charge is 0.478 e. The van der Waals surface area contributed by atoms with Crippen molar-refractivity contribution < 1.29 is 38.9 Å². The predicted octanol–water partition coefficient (Wildman–Crippen LogP) is 2.32. The molecule has 8 heteroatoms. The zero-order chi connectivity index (χ0) is 19.4. The summed E-state index contributed by atoms with van der Waals surface area (Å²) in [5.74, 6) is -4.28. The Morgan fingerprint density at radius 1 is 0.654 bits per heavy atom. The van der Waals surface area contributed by atoms with Crippen molar-refractivity contribution in [1.29, 1.82) is 0 Å². The number of esters is 2. The number of hydrogen-bond acceptors (Lipinski definition) is 6. The molecule has 134 valence electrons. The minimum atomic E-state index is -1.34. The Morgan fingerprint density at radius 3 is 1.27 bits per heavy atom. The van der Waals surface area contributed by atoms with Crippen molar-refractivity contribution in [2.75, 3.05) is 14.2 Å². The van der Waals surface area contributed by atoms with Gasteiger partial charge < -0.3 is 19.7 Å². The maximum Gasteiger partial charge on any atom is 0.338 e. The topological polar surface area (TPSA) is 127 Å². The summed E-state index contributed by atoms with van der Waals surface area (Å²) in [5, 5.41) is 18.6. The summed E-state index contributed by atoms with van der Waals surface area (Å²) >= 11 is 0. The summed E-state index contributed by atoms with van der Waals surface area (Å²) in [6.07, 6.45) is 0. The van der Waals surface area contributed by atoms with Gasteiger partial charge in [-0.3, -0.25) is 0 Å². The van der Waals surface area contributed by atoms with Gasteiger partial charge in [0.2, 0.25) is 0 Å². The number of carbonyl (C=O) groups is 4. The molecule has 2 aromatic rings. The number of carboxylic acid groups (broad SMARTS) is 2. The van der Waals surface area contributed by atoms with E-state index >= 15 is 0 Å². The van der Waals surface area contributed by atoms with Crippen molar-refractivity contribution in [2.45, 2.75) is 0 Å². The van der Waals surface area contributed by atoms with E-state index in [0.717, 1.165) is 14.2 Å². The maximum atomic E-state index is 11.7. The highest BCUT2D eigenvalue weighted by molar-refractivity contribution is 6.05. The van der Waals surface area contributed by atoms with Crippen LogP contribution in [0.15, 0.2) is 36.4 Å². The SMILES string of the molecule is COC(=O)c1ccc(-c2ccc(C(=O)OC)c(C(=O)O)c2)cc1C(=O)O. The van der Waals surface area contributed by atoms with Gasteiger partial charge >= 0.3 is 23.9 Å². The van der Waals surface area contributed by atoms with Gasteiger partial charge in [0, 0.05) is 0 Å². The van der Waals surface area contributed by atoms with Gasteiger partial charge in [0.25, 0.3) is 0 Å². The molecular formula is C18H14O8. The maximum absolute atomic E-state index is 11.7. The van der Waals surface area contributed by atoms with E-state index in [-0.39, 0.29) is 22.3 Å². The number of ether oxygens (including phenoxy) is 2. The van der Waals surface area contributed by atoms with Crippen molar-refractivity contribution in [3.8, 4) is 11.1 Å². The molecule has 2 rings (SSSR count). The summed E-state index contributed by atoms with van der Waals surface area (Å²) in [7, 11) is 2.26. The molecule has 8 nitrogen and oxygen atoms in total. The molecule has 0 unspecified atom stereocenters. The third kappa shape index (κ3) is 3.54. The number of carboxylic acids is 2. The van der Waals surface area contributed by atoms with Gasteiger partial charge in [0.1, 0.15) is 0 Å². The van der Waals surface area contributed by atoms with E-state index in [2.05, 4.69) is 9.47 Å². The van der Waals surface area contributed by atoms with Gasteiger partial charge in [-0.05, 0) is 35.4 Å². The van der Waals surface area contributed by atoms with Crippen LogP contribution in [-0.4, -0.2) is 48.3 Å². The van der Waals surface area contributed by atoms with Crippen LogP contribution in [0.1, 0.15) is 41.4 Å². The van der Waals surface area contributed by atoms with Crippen LogP contribution in [0.5, 0.6) is 0 Å². The molecule has 0 aliphatic rings. The van der Waals surface area contributed by atoms with Crippen molar-refractivity contribution in [3.63, 3.8) is 0 Å². The number of benzene rings is 2. The Balaban J connectivity index is 2.61. The predicted molar refractivity (Wildman–Crippen MR) is 88.5 cm³/mol. The van der Waals surface area contributed by atoms with E-state index in [1.165, 1.54) is 36.4 Å². The van der Waals surface area contributed by atoms with Crippen LogP contribution >= 0.6 is 0 Å². The summed E-state index contributed by atoms with van der Waals surface area (Å²) in [4.78, 5) is 46.2. The van der Waals surface area contributed by atoms with Crippen LogP contribution in [0, 0.1) is 0 Å². The quantitative estimate of drug-likeness (QED) is 0.780. The summed E-state index contributed by atoms with van der Waals surface area (Å²) in [6.45, 7) is 0. The average molecular weight is 358 g/mol. The smallest absolute Gasteiger partial charge is 0.338 e. The molecule has 0 aliphatic heterocycles. The van der Waals surface area contributed by atoms with Crippen LogP contribution in [0.4, 0.5) is 0 Å². The highest BCUT2D eigenvalue weighted by Gasteiger charge is 2.21. The van der Waals surface area contributed by atoms with Crippen LogP contribution in [0.2, 0.25) is 0 Å². The van der Waals surface area contributed by atoms with E-state index in [4.69, 9.17) is 0 Å². The fourth-order valence-electron chi connectivity index (χ4n) is 2.38. The summed E-state index contributed by atoms with van der Waals surface area (Å²) in [6, 6.07) is 7.92. The van der Waals surface area contributed by atoms with Gasteiger partial charge in [0.05, 0.1) is 36.5 Å². The van der Waals surface area contributed by atoms with Crippen LogP contribution in [-0.2, 0) is 9.47 Å². The molecule has 0 amide bonds. The Bertz CT molecular complexity index is 838. The van der Waals surface area contributed by atoms with Crippen molar-refractivity contribution in [1.82, 2.24) is 0 Å². The van der Waals surface area contributed by atoms with E-state index in [9.17, 15) is 29.4 Å². The highest BCUT2D eigenvalue weighted by atomic mass is 16.5. The fourth-order valence-corrected chi connectivity index (χ4v) is 2.38. The normalized spacial score (nSPS) is 10.1. The monoisotopic (exact) mass is 358 g/mol. The molecular weight excluding hydrogens is 344 g/mol. The average Bonchev–Trinajstić information content (AvgIpc) is 2.65. The zero-order valence-corrected chi connectivity index (χ0v) is 13.8. The first-order valence-electron chi connectivity index (χ1n) is 7.21. The fraction of sp³-hybridized carbons (Fsp3) is 0.111. The second kappa shape index (κ2) is 7.47. The van der Waals surface area contributed by atoms with Crippen molar-refractivity contribution >= 4 is 23.9 Å². The number of methoxy groups -OCH3 is 2. The first-order chi connectivity index (χ1) is 12.3. The van der Waals surface area contributed by atoms with E-state index in [0.29, 0.717) is 11.1 Å². The molecule has 26 heavy (non-hydrogen) atoms. The molecule has 0 aliphatic carbocycles. The summed E-state index contributed by atoms with van der Waals surface area (Å²) in [5.41, 5.74) is -0.128. The van der Waals surface area contributed by atoms with Crippen LogP contribution < -0.4 is 0 Å². The summed E-state index contributed by atoms with van der Waals surface area (Å²) < 4.78 is 9.09. The van der Waals surface area contributed by atoms with E-state index < -0.39 is 23.9 Å². The van der Waals surface area contributed by atoms with Gasteiger partial charge in [-0.1, -0.05) is 12.1 Å². The number of aromatic carboxylic acids is 2. The van der Waals surface area contributed by atoms with E-state index in [1.807, 2.05) is 0 Å². The Kier molecular flexibility index (Phi) is 5.36. The molecule has 0 bridgehead atoms. The Hall–Kier alpha value is -3.68. The van der Waals surface area contributed by atoms with Crippen molar-refractivity contribution in [3.05, 3.63) is 58.7 Å². The number of carbonyl (C=O) groups excluding carboxylic acids is 2. The minimum Gasteiger partial charge on any atom is -0.478 e. The lowest BCUT2D eigenvalue weighted by Gasteiger charge is -2.10. The third-order valence-corrected chi connectivity index (χ3v) is 3.64. The highest BCUT2D eigenvalue weighted by Crippen LogP contribution is 2.26. The first-order valence-corrected chi connectivity index (χ1v) is 7.21. The van der Waals surface area contributed by atoms with Crippen LogP contribution in [0.25, 0.3) is 11.1 Å². The lowest BCUT2D eigenvalue weighted by molar-refractivity contribution is 0.0580. The minimum absolute atomic E-state index is 0.131. The van der Waals surface area contributed by atoms with Gasteiger partial charge in [0.15, 0.2) is 0 Å². The number of rotatable bonds is 5. The second-order valence-corrected chi connectivity index (χ2v) is 5.11. The van der Waals surface area contributed by atoms with E-state index in [1.54, 1.807) is 0 Å². The van der Waals surface area contributed by atoms with Crippen LogP contribution in [0.3, 0.4) is 0 Å². The molecule has 2 aromatic carbocycles. The first kappa shape index (κ1) is 18.7. The molecule has 0 fully saturated rings. The van der Waals surface area contributed by atoms with Gasteiger partial charge in [-0.2, -0.15) is 0 Å². The Morgan fingerprint density at radius 2 is 1.00 bits per heavy atom. The molecule has 0 radical (unpaired) electrons. The molecule has 0 atom stereocenters. The zero-order valence-electron chi connectivity index (χ0n) is 13.8. The Labute approximate surface area is 147 Å². The molecule has 0 heterocycles. The second-order valence-electron chi connectivity index (χ2n) is 5.11. The lowest BCUT2D eigenvalue weighted by atomic mass is 9.96. The third-order valence-electron chi connectivity index (χ3n) is 3.64. The standard InChI is InChI=1S/C18H14O8/c1-25-17(23)11-5-3-9(7-13(11)15(19)20)10-4-6-12(18(24)26-2)14(8-10)16(21)22/h3-8H,1-2H3,(H,19,20)(H,21,22). The molecule has 0 spiro atoms. The van der Waals surface area contributed by atoms with Gasteiger partial charge in [-0.25, -0.2) is 19.2 Å². The molecule has 2 N–H and O–H groups in total. The van der Waals surface area contributed by atoms with Crippen molar-refractivity contribution in [2.24, 2.45) is 0 Å². The van der Waals surface area contributed by atoms with Gasteiger partial charge in [-0.15, -0.1) is 0 Å². The molecule has 0 saturated heterocycles.